The fourth-order valence-electron chi connectivity index (χ4n) is 3.17. The van der Waals surface area contributed by atoms with Crippen molar-refractivity contribution in [2.45, 2.75) is 70.4 Å². The van der Waals surface area contributed by atoms with Crippen LogP contribution in [0.1, 0.15) is 58.3 Å². The standard InChI is InChI=1S/C15H25N/c1-3-6-14(4-2)16-15-8-5-7-13(11-15)12-9-10-12/h1,12-16H,4-11H2,2H3. The molecule has 1 nitrogen and oxygen atoms in total. The fourth-order valence-corrected chi connectivity index (χ4v) is 3.17. The van der Waals surface area contributed by atoms with E-state index in [2.05, 4.69) is 18.2 Å². The largest absolute Gasteiger partial charge is 0.310 e. The van der Waals surface area contributed by atoms with Crippen LogP contribution in [0, 0.1) is 24.2 Å². The molecule has 2 saturated carbocycles. The summed E-state index contributed by atoms with van der Waals surface area (Å²) in [6.45, 7) is 2.23. The van der Waals surface area contributed by atoms with Crippen molar-refractivity contribution in [3.8, 4) is 12.3 Å². The summed E-state index contributed by atoms with van der Waals surface area (Å²) >= 11 is 0. The first-order valence-electron chi connectivity index (χ1n) is 7.03. The third-order valence-electron chi connectivity index (χ3n) is 4.33. The van der Waals surface area contributed by atoms with Crippen molar-refractivity contribution in [2.75, 3.05) is 0 Å². The molecule has 0 aromatic carbocycles. The molecule has 0 saturated heterocycles. The molecule has 1 N–H and O–H groups in total. The number of hydrogen-bond donors (Lipinski definition) is 1. The van der Waals surface area contributed by atoms with E-state index in [-0.39, 0.29) is 0 Å². The molecule has 2 rings (SSSR count). The summed E-state index contributed by atoms with van der Waals surface area (Å²) in [7, 11) is 0. The van der Waals surface area contributed by atoms with Crippen molar-refractivity contribution in [3.05, 3.63) is 0 Å². The summed E-state index contributed by atoms with van der Waals surface area (Å²) in [5.74, 6) is 4.90. The Hall–Kier alpha value is -0.480. The van der Waals surface area contributed by atoms with Gasteiger partial charge in [-0.3, -0.25) is 0 Å². The summed E-state index contributed by atoms with van der Waals surface area (Å²) < 4.78 is 0. The van der Waals surface area contributed by atoms with Gasteiger partial charge in [0.05, 0.1) is 0 Å². The number of hydrogen-bond acceptors (Lipinski definition) is 1. The Labute approximate surface area is 100 Å². The first kappa shape index (κ1) is 12.0. The molecule has 0 spiro atoms. The van der Waals surface area contributed by atoms with Gasteiger partial charge in [0.15, 0.2) is 0 Å². The Bertz CT molecular complexity index is 249. The van der Waals surface area contributed by atoms with Crippen LogP contribution in [-0.2, 0) is 0 Å². The normalized spacial score (nSPS) is 32.0. The minimum Gasteiger partial charge on any atom is -0.310 e. The lowest BCUT2D eigenvalue weighted by Crippen LogP contribution is -2.41. The Morgan fingerprint density at radius 3 is 2.69 bits per heavy atom. The minimum atomic E-state index is 0.549. The molecule has 0 radical (unpaired) electrons. The van der Waals surface area contributed by atoms with Crippen LogP contribution in [0.3, 0.4) is 0 Å². The van der Waals surface area contributed by atoms with Crippen molar-refractivity contribution in [2.24, 2.45) is 11.8 Å². The van der Waals surface area contributed by atoms with Gasteiger partial charge in [-0.15, -0.1) is 12.3 Å². The van der Waals surface area contributed by atoms with Gasteiger partial charge in [-0.2, -0.15) is 0 Å². The van der Waals surface area contributed by atoms with Gasteiger partial charge in [-0.1, -0.05) is 19.8 Å². The van der Waals surface area contributed by atoms with E-state index in [0.717, 1.165) is 30.7 Å². The number of terminal acetylenes is 1. The molecule has 0 aliphatic heterocycles. The van der Waals surface area contributed by atoms with E-state index < -0.39 is 0 Å². The molecule has 0 heterocycles. The maximum Gasteiger partial charge on any atom is 0.0240 e. The molecule has 90 valence electrons. The highest BCUT2D eigenvalue weighted by Gasteiger charge is 2.34. The van der Waals surface area contributed by atoms with E-state index in [1.54, 1.807) is 0 Å². The lowest BCUT2D eigenvalue weighted by Gasteiger charge is -2.32. The van der Waals surface area contributed by atoms with E-state index >= 15 is 0 Å². The second-order valence-corrected chi connectivity index (χ2v) is 5.64. The topological polar surface area (TPSA) is 12.0 Å². The number of nitrogens with one attached hydrogen (secondary N) is 1. The number of rotatable bonds is 5. The van der Waals surface area contributed by atoms with Gasteiger partial charge in [0.25, 0.3) is 0 Å². The summed E-state index contributed by atoms with van der Waals surface area (Å²) in [5.41, 5.74) is 0. The minimum absolute atomic E-state index is 0.549. The van der Waals surface area contributed by atoms with Crippen LogP contribution in [0.5, 0.6) is 0 Å². The molecule has 0 aromatic heterocycles. The molecule has 2 aliphatic carbocycles. The zero-order valence-corrected chi connectivity index (χ0v) is 10.5. The molecule has 3 atom stereocenters. The second-order valence-electron chi connectivity index (χ2n) is 5.64. The van der Waals surface area contributed by atoms with Gasteiger partial charge in [0, 0.05) is 18.5 Å². The van der Waals surface area contributed by atoms with E-state index in [0.29, 0.717) is 6.04 Å². The second kappa shape index (κ2) is 5.73. The Morgan fingerprint density at radius 2 is 2.06 bits per heavy atom. The summed E-state index contributed by atoms with van der Waals surface area (Å²) in [5, 5.41) is 3.78. The summed E-state index contributed by atoms with van der Waals surface area (Å²) in [6.07, 6.45) is 16.1. The quantitative estimate of drug-likeness (QED) is 0.699. The molecule has 0 aromatic rings. The van der Waals surface area contributed by atoms with Gasteiger partial charge < -0.3 is 5.32 Å². The maximum atomic E-state index is 5.41. The van der Waals surface area contributed by atoms with Crippen LogP contribution >= 0.6 is 0 Å². The highest BCUT2D eigenvalue weighted by Crippen LogP contribution is 2.43. The summed E-state index contributed by atoms with van der Waals surface area (Å²) in [6, 6.07) is 1.30. The smallest absolute Gasteiger partial charge is 0.0240 e. The lowest BCUT2D eigenvalue weighted by atomic mass is 9.82. The monoisotopic (exact) mass is 219 g/mol. The summed E-state index contributed by atoms with van der Waals surface area (Å²) in [4.78, 5) is 0. The van der Waals surface area contributed by atoms with Crippen molar-refractivity contribution in [1.82, 2.24) is 5.32 Å². The third kappa shape index (κ3) is 3.25. The SMILES string of the molecule is C#CCC(CC)NC1CCCC(C2CC2)C1. The Balaban J connectivity index is 1.77. The predicted octanol–water partition coefficient (Wildman–Crippen LogP) is 3.35. The molecule has 1 heteroatoms. The highest BCUT2D eigenvalue weighted by molar-refractivity contribution is 4.93. The average molecular weight is 219 g/mol. The molecule has 0 amide bonds. The molecule has 3 unspecified atom stereocenters. The Morgan fingerprint density at radius 1 is 1.25 bits per heavy atom. The predicted molar refractivity (Wildman–Crippen MR) is 69.1 cm³/mol. The molecule has 0 bridgehead atoms. The molecule has 2 aliphatic rings. The molecule has 16 heavy (non-hydrogen) atoms. The van der Waals surface area contributed by atoms with E-state index in [1.165, 1.54) is 38.5 Å². The lowest BCUT2D eigenvalue weighted by molar-refractivity contribution is 0.245. The van der Waals surface area contributed by atoms with Crippen LogP contribution in [-0.4, -0.2) is 12.1 Å². The van der Waals surface area contributed by atoms with E-state index in [1.807, 2.05) is 0 Å². The van der Waals surface area contributed by atoms with Gasteiger partial charge in [0.2, 0.25) is 0 Å². The van der Waals surface area contributed by atoms with Gasteiger partial charge in [-0.25, -0.2) is 0 Å². The fraction of sp³-hybridized carbons (Fsp3) is 0.867. The molecular formula is C15H25N. The van der Waals surface area contributed by atoms with Crippen molar-refractivity contribution >= 4 is 0 Å². The van der Waals surface area contributed by atoms with Crippen LogP contribution in [0.2, 0.25) is 0 Å². The van der Waals surface area contributed by atoms with Crippen molar-refractivity contribution in [1.29, 1.82) is 0 Å². The maximum absolute atomic E-state index is 5.41. The van der Waals surface area contributed by atoms with Crippen LogP contribution in [0.25, 0.3) is 0 Å². The van der Waals surface area contributed by atoms with E-state index in [9.17, 15) is 0 Å². The average Bonchev–Trinajstić information content (AvgIpc) is 3.13. The third-order valence-corrected chi connectivity index (χ3v) is 4.33. The van der Waals surface area contributed by atoms with E-state index in [4.69, 9.17) is 6.42 Å². The van der Waals surface area contributed by atoms with Crippen LogP contribution in [0.15, 0.2) is 0 Å². The van der Waals surface area contributed by atoms with Crippen LogP contribution in [0.4, 0.5) is 0 Å². The first-order valence-corrected chi connectivity index (χ1v) is 7.03. The molecular weight excluding hydrogens is 194 g/mol. The van der Waals surface area contributed by atoms with Crippen LogP contribution < -0.4 is 5.32 Å². The zero-order valence-electron chi connectivity index (χ0n) is 10.5. The van der Waals surface area contributed by atoms with Crippen molar-refractivity contribution < 1.29 is 0 Å². The van der Waals surface area contributed by atoms with Gasteiger partial charge >= 0.3 is 0 Å². The first-order chi connectivity index (χ1) is 7.83. The van der Waals surface area contributed by atoms with Crippen molar-refractivity contribution in [3.63, 3.8) is 0 Å². The van der Waals surface area contributed by atoms with Gasteiger partial charge in [0.1, 0.15) is 0 Å². The molecule has 2 fully saturated rings. The Kier molecular flexibility index (Phi) is 4.29. The highest BCUT2D eigenvalue weighted by atomic mass is 14.9. The zero-order chi connectivity index (χ0) is 11.4. The van der Waals surface area contributed by atoms with Gasteiger partial charge in [-0.05, 0) is 43.9 Å².